The fourth-order valence-corrected chi connectivity index (χ4v) is 1.02. The summed E-state index contributed by atoms with van der Waals surface area (Å²) in [6.07, 6.45) is -3.26. The largest absolute Gasteiger partial charge is 0.454 e. The van der Waals surface area contributed by atoms with Crippen LogP contribution >= 0.6 is 0 Å². The molecule has 1 rings (SSSR count). The third kappa shape index (κ3) is 2.90. The average molecular weight is 215 g/mol. The van der Waals surface area contributed by atoms with Gasteiger partial charge in [-0.3, -0.25) is 9.59 Å². The summed E-state index contributed by atoms with van der Waals surface area (Å²) in [6.45, 7) is 0. The van der Waals surface area contributed by atoms with E-state index in [4.69, 9.17) is 0 Å². The van der Waals surface area contributed by atoms with Gasteiger partial charge in [-0.25, -0.2) is 0 Å². The van der Waals surface area contributed by atoms with Gasteiger partial charge in [0, 0.05) is 12.0 Å². The third-order valence-electron chi connectivity index (χ3n) is 1.75. The number of carbonyl (C=O) groups excluding carboxylic acids is 2. The molecule has 2 nitrogen and oxygen atoms in total. The summed E-state index contributed by atoms with van der Waals surface area (Å²) in [5, 5.41) is 0. The van der Waals surface area contributed by atoms with Crippen LogP contribution in [0.5, 0.6) is 0 Å². The summed E-state index contributed by atoms with van der Waals surface area (Å²) in [5.41, 5.74) is 0.0841. The Morgan fingerprint density at radius 3 is 2.13 bits per heavy atom. The van der Waals surface area contributed by atoms with Gasteiger partial charge in [0.1, 0.15) is 0 Å². The lowest BCUT2D eigenvalue weighted by Gasteiger charge is -2.04. The van der Waals surface area contributed by atoms with Crippen molar-refractivity contribution >= 4 is 12.1 Å². The van der Waals surface area contributed by atoms with Gasteiger partial charge in [-0.15, -0.1) is 0 Å². The van der Waals surface area contributed by atoms with Gasteiger partial charge in [0.05, 0.1) is 0 Å². The van der Waals surface area contributed by atoms with Crippen LogP contribution in [-0.4, -0.2) is 18.2 Å². The maximum Gasteiger partial charge on any atom is 0.454 e. The molecule has 0 amide bonds. The minimum absolute atomic E-state index is 0.000484. The standard InChI is InChI=1S/C10H6F3O2/c11-10(12,13)9(15)8-3-1-7(2-4-8)5-6-14/h1-4H,5H2. The van der Waals surface area contributed by atoms with Gasteiger partial charge in [0.25, 0.3) is 5.78 Å². The minimum Gasteiger partial charge on any atom is -0.291 e. The number of halogens is 3. The van der Waals surface area contributed by atoms with Crippen LogP contribution in [0.3, 0.4) is 0 Å². The lowest BCUT2D eigenvalue weighted by Crippen LogP contribution is -2.22. The normalized spacial score (nSPS) is 11.1. The van der Waals surface area contributed by atoms with E-state index < -0.39 is 17.5 Å². The predicted octanol–water partition coefficient (Wildman–Crippen LogP) is 2.08. The van der Waals surface area contributed by atoms with Crippen LogP contribution < -0.4 is 0 Å². The van der Waals surface area contributed by atoms with Crippen LogP contribution in [0.15, 0.2) is 24.3 Å². The molecule has 0 saturated heterocycles. The Hall–Kier alpha value is -1.65. The van der Waals surface area contributed by atoms with Crippen molar-refractivity contribution < 1.29 is 22.8 Å². The highest BCUT2D eigenvalue weighted by molar-refractivity contribution is 6.00. The summed E-state index contributed by atoms with van der Waals surface area (Å²) in [5.74, 6) is -1.89. The van der Waals surface area contributed by atoms with Crippen molar-refractivity contribution in [1.82, 2.24) is 0 Å². The summed E-state index contributed by atoms with van der Waals surface area (Å²) in [7, 11) is 0. The average Bonchev–Trinajstić information content (AvgIpc) is 2.17. The molecule has 5 heteroatoms. The molecular weight excluding hydrogens is 209 g/mol. The molecule has 0 aromatic heterocycles. The van der Waals surface area contributed by atoms with Crippen LogP contribution in [-0.2, 0) is 11.2 Å². The molecule has 0 spiro atoms. The monoisotopic (exact) mass is 215 g/mol. The molecule has 0 unspecified atom stereocenters. The molecule has 79 valence electrons. The van der Waals surface area contributed by atoms with Crippen molar-refractivity contribution in [1.29, 1.82) is 0 Å². The third-order valence-corrected chi connectivity index (χ3v) is 1.75. The molecular formula is C10H6F3O2. The minimum atomic E-state index is -4.86. The van der Waals surface area contributed by atoms with E-state index in [1.54, 1.807) is 6.29 Å². The van der Waals surface area contributed by atoms with Crippen molar-refractivity contribution in [3.63, 3.8) is 0 Å². The number of carbonyl (C=O) groups is 1. The quantitative estimate of drug-likeness (QED) is 0.723. The van der Waals surface area contributed by atoms with E-state index in [0.717, 1.165) is 12.1 Å². The summed E-state index contributed by atoms with van der Waals surface area (Å²) < 4.78 is 35.9. The van der Waals surface area contributed by atoms with E-state index >= 15 is 0 Å². The second-order valence-electron chi connectivity index (χ2n) is 2.84. The Labute approximate surface area is 83.7 Å². The van der Waals surface area contributed by atoms with Crippen molar-refractivity contribution in [3.8, 4) is 0 Å². The van der Waals surface area contributed by atoms with Gasteiger partial charge in [0.15, 0.2) is 0 Å². The van der Waals surface area contributed by atoms with Crippen LogP contribution in [0, 0.1) is 0 Å². The van der Waals surface area contributed by atoms with Gasteiger partial charge in [0.2, 0.25) is 6.29 Å². The van der Waals surface area contributed by atoms with Gasteiger partial charge >= 0.3 is 6.18 Å². The maximum absolute atomic E-state index is 12.0. The van der Waals surface area contributed by atoms with Crippen LogP contribution in [0.25, 0.3) is 0 Å². The lowest BCUT2D eigenvalue weighted by molar-refractivity contribution is -0.0885. The topological polar surface area (TPSA) is 34.1 Å². The molecule has 0 heterocycles. The van der Waals surface area contributed by atoms with E-state index in [2.05, 4.69) is 0 Å². The number of Topliss-reactive ketones (excluding diaryl/α,β-unsaturated/α-hetero) is 1. The van der Waals surface area contributed by atoms with Gasteiger partial charge in [-0.05, 0) is 5.56 Å². The first kappa shape index (κ1) is 11.4. The van der Waals surface area contributed by atoms with E-state index in [1.807, 2.05) is 0 Å². The predicted molar refractivity (Wildman–Crippen MR) is 46.2 cm³/mol. The highest BCUT2D eigenvalue weighted by Gasteiger charge is 2.38. The van der Waals surface area contributed by atoms with Crippen molar-refractivity contribution in [2.75, 3.05) is 0 Å². The first-order valence-electron chi connectivity index (χ1n) is 4.00. The molecule has 0 bridgehead atoms. The first-order valence-corrected chi connectivity index (χ1v) is 4.00. The molecule has 0 N–H and O–H groups in total. The highest BCUT2D eigenvalue weighted by Crippen LogP contribution is 2.21. The molecule has 1 radical (unpaired) electrons. The molecule has 0 saturated carbocycles. The van der Waals surface area contributed by atoms with Crippen LogP contribution in [0.2, 0.25) is 0 Å². The van der Waals surface area contributed by atoms with Gasteiger partial charge in [-0.1, -0.05) is 24.3 Å². The number of alkyl halides is 3. The second-order valence-corrected chi connectivity index (χ2v) is 2.84. The smallest absolute Gasteiger partial charge is 0.291 e. The lowest BCUT2D eigenvalue weighted by atomic mass is 10.1. The SMILES string of the molecule is O=[C]Cc1ccc(C(=O)C(F)(F)F)cc1. The van der Waals surface area contributed by atoms with Crippen molar-refractivity contribution in [2.45, 2.75) is 12.6 Å². The van der Waals surface area contributed by atoms with E-state index in [0.29, 0.717) is 5.56 Å². The number of ketones is 1. The summed E-state index contributed by atoms with van der Waals surface area (Å²) >= 11 is 0. The van der Waals surface area contributed by atoms with Crippen molar-refractivity contribution in [2.24, 2.45) is 0 Å². The molecule has 0 aliphatic carbocycles. The maximum atomic E-state index is 12.0. The van der Waals surface area contributed by atoms with Crippen molar-refractivity contribution in [3.05, 3.63) is 35.4 Å². The fraction of sp³-hybridized carbons (Fsp3) is 0.200. The zero-order valence-corrected chi connectivity index (χ0v) is 7.47. The molecule has 0 aliphatic heterocycles. The highest BCUT2D eigenvalue weighted by atomic mass is 19.4. The Morgan fingerprint density at radius 2 is 1.73 bits per heavy atom. The molecule has 0 fully saturated rings. The summed E-state index contributed by atoms with van der Waals surface area (Å²) in [6, 6.07) is 4.68. The Balaban J connectivity index is 2.89. The molecule has 0 aliphatic rings. The Morgan fingerprint density at radius 1 is 1.20 bits per heavy atom. The number of rotatable bonds is 3. The fourth-order valence-electron chi connectivity index (χ4n) is 1.02. The second kappa shape index (κ2) is 4.25. The number of hydrogen-bond donors (Lipinski definition) is 0. The van der Waals surface area contributed by atoms with Crippen LogP contribution in [0.4, 0.5) is 13.2 Å². The first-order chi connectivity index (χ1) is 6.95. The van der Waals surface area contributed by atoms with E-state index in [-0.39, 0.29) is 6.42 Å². The summed E-state index contributed by atoms with van der Waals surface area (Å²) in [4.78, 5) is 20.7. The van der Waals surface area contributed by atoms with Gasteiger partial charge in [-0.2, -0.15) is 13.2 Å². The van der Waals surface area contributed by atoms with E-state index in [9.17, 15) is 22.8 Å². The van der Waals surface area contributed by atoms with Crippen LogP contribution in [0.1, 0.15) is 15.9 Å². The molecule has 1 aromatic carbocycles. The Kier molecular flexibility index (Phi) is 3.24. The zero-order chi connectivity index (χ0) is 11.5. The molecule has 1 aromatic rings. The number of benzene rings is 1. The Bertz CT molecular complexity index is 365. The molecule has 0 atom stereocenters. The van der Waals surface area contributed by atoms with E-state index in [1.165, 1.54) is 12.1 Å². The molecule has 15 heavy (non-hydrogen) atoms. The number of hydrogen-bond acceptors (Lipinski definition) is 2. The van der Waals surface area contributed by atoms with Gasteiger partial charge < -0.3 is 0 Å². The zero-order valence-electron chi connectivity index (χ0n) is 7.47.